The highest BCUT2D eigenvalue weighted by Crippen LogP contribution is 2.22. The first-order valence-corrected chi connectivity index (χ1v) is 5.62. The van der Waals surface area contributed by atoms with Gasteiger partial charge in [0.1, 0.15) is 0 Å². The Kier molecular flexibility index (Phi) is 2.94. The van der Waals surface area contributed by atoms with Gasteiger partial charge in [-0.05, 0) is 35.7 Å². The van der Waals surface area contributed by atoms with Crippen LogP contribution in [0, 0.1) is 6.92 Å². The third-order valence-corrected chi connectivity index (χ3v) is 2.94. The smallest absolute Gasteiger partial charge is 0.192 e. The van der Waals surface area contributed by atoms with Crippen molar-refractivity contribution in [2.75, 3.05) is 0 Å². The molecule has 0 unspecified atom stereocenters. The molecule has 0 saturated heterocycles. The van der Waals surface area contributed by atoms with Crippen LogP contribution in [0.1, 0.15) is 5.56 Å². The van der Waals surface area contributed by atoms with E-state index in [4.69, 9.17) is 0 Å². The summed E-state index contributed by atoms with van der Waals surface area (Å²) in [7, 11) is 0.0791. The summed E-state index contributed by atoms with van der Waals surface area (Å²) in [6.07, 6.45) is 0. The van der Waals surface area contributed by atoms with Crippen LogP contribution in [-0.2, 0) is 4.57 Å². The van der Waals surface area contributed by atoms with Crippen molar-refractivity contribution in [1.82, 2.24) is 0 Å². The highest BCUT2D eigenvalue weighted by Gasteiger charge is 2.00. The maximum atomic E-state index is 10.6. The van der Waals surface area contributed by atoms with Gasteiger partial charge in [-0.3, -0.25) is 4.57 Å². The Balaban J connectivity index is 2.46. The van der Waals surface area contributed by atoms with E-state index in [9.17, 15) is 4.57 Å². The molecule has 2 aromatic carbocycles. The fraction of sp³-hybridized carbons (Fsp3) is 0.0769. The van der Waals surface area contributed by atoms with Gasteiger partial charge in [0, 0.05) is 5.30 Å². The predicted molar refractivity (Wildman–Crippen MR) is 63.9 cm³/mol. The van der Waals surface area contributed by atoms with E-state index in [0.717, 1.165) is 5.30 Å². The van der Waals surface area contributed by atoms with Crippen molar-refractivity contribution in [3.63, 3.8) is 0 Å². The molecule has 2 aromatic rings. The second-order valence-electron chi connectivity index (χ2n) is 3.45. The third kappa shape index (κ3) is 2.14. The summed E-state index contributed by atoms with van der Waals surface area (Å²) in [4.78, 5) is 0. The summed E-state index contributed by atoms with van der Waals surface area (Å²) in [6, 6.07) is 16.0. The average molecular weight is 214 g/mol. The summed E-state index contributed by atoms with van der Waals surface area (Å²) in [5.74, 6) is 0. The molecular formula is C13H11OP. The lowest BCUT2D eigenvalue weighted by Crippen LogP contribution is -1.90. The molecule has 0 radical (unpaired) electrons. The van der Waals surface area contributed by atoms with E-state index in [1.54, 1.807) is 0 Å². The number of rotatable bonds is 2. The standard InChI is InChI=1S/C13H11OP/c1-10-4-2-3-5-13(10)11-6-8-12(15-14)9-7-11/h2-9H,1H3. The van der Waals surface area contributed by atoms with E-state index < -0.39 is 0 Å². The van der Waals surface area contributed by atoms with Gasteiger partial charge in [0.15, 0.2) is 8.46 Å². The lowest BCUT2D eigenvalue weighted by Gasteiger charge is -2.05. The lowest BCUT2D eigenvalue weighted by atomic mass is 10.0. The molecule has 0 aliphatic heterocycles. The summed E-state index contributed by atoms with van der Waals surface area (Å²) in [5, 5.41) is 0.812. The van der Waals surface area contributed by atoms with Crippen LogP contribution in [-0.4, -0.2) is 0 Å². The van der Waals surface area contributed by atoms with E-state index in [1.807, 2.05) is 36.4 Å². The van der Waals surface area contributed by atoms with Crippen molar-refractivity contribution < 1.29 is 4.57 Å². The minimum atomic E-state index is 0.0791. The van der Waals surface area contributed by atoms with Gasteiger partial charge >= 0.3 is 0 Å². The topological polar surface area (TPSA) is 17.1 Å². The van der Waals surface area contributed by atoms with Crippen molar-refractivity contribution >= 4 is 13.8 Å². The molecule has 1 nitrogen and oxygen atoms in total. The minimum Gasteiger partial charge on any atom is -0.269 e. The molecule has 15 heavy (non-hydrogen) atoms. The van der Waals surface area contributed by atoms with Gasteiger partial charge < -0.3 is 0 Å². The maximum Gasteiger partial charge on any atom is 0.192 e. The predicted octanol–water partition coefficient (Wildman–Crippen LogP) is 3.58. The second kappa shape index (κ2) is 4.37. The molecule has 0 N–H and O–H groups in total. The molecule has 2 heteroatoms. The Labute approximate surface area is 91.0 Å². The second-order valence-corrected chi connectivity index (χ2v) is 4.15. The van der Waals surface area contributed by atoms with Gasteiger partial charge in [-0.1, -0.05) is 36.4 Å². The highest BCUT2D eigenvalue weighted by atomic mass is 31.1. The van der Waals surface area contributed by atoms with Gasteiger partial charge in [0.05, 0.1) is 0 Å². The third-order valence-electron chi connectivity index (χ3n) is 2.43. The molecule has 0 aromatic heterocycles. The van der Waals surface area contributed by atoms with Crippen LogP contribution >= 0.6 is 8.46 Å². The molecular weight excluding hydrogens is 203 g/mol. The highest BCUT2D eigenvalue weighted by molar-refractivity contribution is 7.34. The number of hydrogen-bond acceptors (Lipinski definition) is 1. The zero-order valence-corrected chi connectivity index (χ0v) is 9.37. The van der Waals surface area contributed by atoms with Crippen molar-refractivity contribution in [3.05, 3.63) is 54.1 Å². The summed E-state index contributed by atoms with van der Waals surface area (Å²) < 4.78 is 10.6. The van der Waals surface area contributed by atoms with Crippen LogP contribution in [0.3, 0.4) is 0 Å². The quantitative estimate of drug-likeness (QED) is 0.698. The normalized spacial score (nSPS) is 10.5. The fourth-order valence-electron chi connectivity index (χ4n) is 1.60. The number of benzene rings is 2. The number of aryl methyl sites for hydroxylation is 1. The van der Waals surface area contributed by atoms with E-state index in [2.05, 4.69) is 19.1 Å². The van der Waals surface area contributed by atoms with Gasteiger partial charge in [-0.25, -0.2) is 0 Å². The molecule has 0 atom stereocenters. The lowest BCUT2D eigenvalue weighted by molar-refractivity contribution is 0.603. The van der Waals surface area contributed by atoms with Crippen LogP contribution in [0.2, 0.25) is 0 Å². The van der Waals surface area contributed by atoms with Gasteiger partial charge in [-0.2, -0.15) is 0 Å². The van der Waals surface area contributed by atoms with Crippen LogP contribution in [0.4, 0.5) is 0 Å². The van der Waals surface area contributed by atoms with Gasteiger partial charge in [0.2, 0.25) is 0 Å². The summed E-state index contributed by atoms with van der Waals surface area (Å²) in [6.45, 7) is 2.09. The van der Waals surface area contributed by atoms with Gasteiger partial charge in [0.25, 0.3) is 0 Å². The van der Waals surface area contributed by atoms with E-state index in [1.165, 1.54) is 16.7 Å². The Bertz CT molecular complexity index is 474. The molecule has 2 rings (SSSR count). The van der Waals surface area contributed by atoms with Gasteiger partial charge in [-0.15, -0.1) is 0 Å². The van der Waals surface area contributed by atoms with Crippen molar-refractivity contribution in [1.29, 1.82) is 0 Å². The molecule has 0 spiro atoms. The fourth-order valence-corrected chi connectivity index (χ4v) is 1.87. The van der Waals surface area contributed by atoms with E-state index in [-0.39, 0.29) is 8.46 Å². The Morgan fingerprint density at radius 2 is 1.60 bits per heavy atom. The molecule has 0 amide bonds. The van der Waals surface area contributed by atoms with Crippen molar-refractivity contribution in [2.45, 2.75) is 6.92 Å². The zero-order valence-electron chi connectivity index (χ0n) is 8.47. The molecule has 0 bridgehead atoms. The van der Waals surface area contributed by atoms with Crippen LogP contribution < -0.4 is 5.30 Å². The monoisotopic (exact) mass is 214 g/mol. The van der Waals surface area contributed by atoms with Crippen LogP contribution in [0.5, 0.6) is 0 Å². The van der Waals surface area contributed by atoms with Crippen molar-refractivity contribution in [2.24, 2.45) is 0 Å². The molecule has 0 fully saturated rings. The van der Waals surface area contributed by atoms with Crippen LogP contribution in [0.15, 0.2) is 48.5 Å². The Hall–Kier alpha value is -1.46. The summed E-state index contributed by atoms with van der Waals surface area (Å²) >= 11 is 0. The van der Waals surface area contributed by atoms with E-state index in [0.29, 0.717) is 0 Å². The molecule has 74 valence electrons. The Morgan fingerprint density at radius 3 is 2.20 bits per heavy atom. The number of hydrogen-bond donors (Lipinski definition) is 0. The SMILES string of the molecule is Cc1ccccc1-c1ccc(P=O)cc1. The summed E-state index contributed by atoms with van der Waals surface area (Å²) in [5.41, 5.74) is 3.65. The largest absolute Gasteiger partial charge is 0.269 e. The zero-order chi connectivity index (χ0) is 10.7. The molecule has 0 aliphatic carbocycles. The first-order valence-electron chi connectivity index (χ1n) is 4.80. The average Bonchev–Trinajstić information content (AvgIpc) is 2.30. The van der Waals surface area contributed by atoms with E-state index >= 15 is 0 Å². The first-order chi connectivity index (χ1) is 7.31. The first kappa shape index (κ1) is 10.1. The molecule has 0 aliphatic rings. The van der Waals surface area contributed by atoms with Crippen LogP contribution in [0.25, 0.3) is 11.1 Å². The Morgan fingerprint density at radius 1 is 0.933 bits per heavy atom. The van der Waals surface area contributed by atoms with Crippen molar-refractivity contribution in [3.8, 4) is 11.1 Å². The molecule has 0 saturated carbocycles. The maximum absolute atomic E-state index is 10.6. The molecule has 0 heterocycles. The minimum absolute atomic E-state index is 0.0791.